The first-order valence-corrected chi connectivity index (χ1v) is 11.4. The van der Waals surface area contributed by atoms with Gasteiger partial charge in [0.1, 0.15) is 0 Å². The zero-order valence-electron chi connectivity index (χ0n) is 17.7. The van der Waals surface area contributed by atoms with Gasteiger partial charge in [-0.3, -0.25) is 4.79 Å². The summed E-state index contributed by atoms with van der Waals surface area (Å²) in [5.74, 6) is 1.96. The van der Waals surface area contributed by atoms with E-state index in [1.165, 1.54) is 18.4 Å². The Kier molecular flexibility index (Phi) is 7.76. The number of unbranched alkanes of at least 4 members (excludes halogenated alkanes) is 2. The van der Waals surface area contributed by atoms with Gasteiger partial charge < -0.3 is 15.1 Å². The molecule has 3 fully saturated rings. The molecule has 0 unspecified atom stereocenters. The largest absolute Gasteiger partial charge is 0.392 e. The lowest BCUT2D eigenvalue weighted by atomic mass is 9.89. The summed E-state index contributed by atoms with van der Waals surface area (Å²) in [6.07, 6.45) is 17.5. The van der Waals surface area contributed by atoms with Gasteiger partial charge in [0.05, 0.1) is 12.2 Å². The highest BCUT2D eigenvalue weighted by atomic mass is 16.3. The lowest BCUT2D eigenvalue weighted by Gasteiger charge is -2.19. The molecule has 5 atom stereocenters. The third kappa shape index (κ3) is 5.48. The maximum Gasteiger partial charge on any atom is 0.222 e. The van der Waals surface area contributed by atoms with Crippen molar-refractivity contribution >= 4 is 5.91 Å². The molecule has 4 heteroatoms. The summed E-state index contributed by atoms with van der Waals surface area (Å²) in [4.78, 5) is 13.3. The van der Waals surface area contributed by atoms with E-state index in [9.17, 15) is 15.0 Å². The van der Waals surface area contributed by atoms with E-state index in [0.717, 1.165) is 51.4 Å². The van der Waals surface area contributed by atoms with Gasteiger partial charge in [-0.05, 0) is 69.1 Å². The van der Waals surface area contributed by atoms with Crippen LogP contribution in [0.2, 0.25) is 0 Å². The fourth-order valence-electron chi connectivity index (χ4n) is 5.59. The molecule has 4 nitrogen and oxygen atoms in total. The van der Waals surface area contributed by atoms with E-state index in [2.05, 4.69) is 12.2 Å². The first-order valence-electron chi connectivity index (χ1n) is 11.4. The molecule has 0 aromatic heterocycles. The van der Waals surface area contributed by atoms with E-state index in [4.69, 9.17) is 0 Å². The van der Waals surface area contributed by atoms with Crippen LogP contribution >= 0.6 is 0 Å². The van der Waals surface area contributed by atoms with Crippen molar-refractivity contribution in [3.63, 3.8) is 0 Å². The minimum absolute atomic E-state index is 0.199. The molecule has 0 saturated heterocycles. The molecule has 0 radical (unpaired) electrons. The summed E-state index contributed by atoms with van der Waals surface area (Å²) < 4.78 is 0. The van der Waals surface area contributed by atoms with Gasteiger partial charge in [0.25, 0.3) is 0 Å². The minimum Gasteiger partial charge on any atom is -0.392 e. The maximum absolute atomic E-state index is 11.6. The van der Waals surface area contributed by atoms with Gasteiger partial charge in [0.15, 0.2) is 0 Å². The van der Waals surface area contributed by atoms with E-state index in [1.807, 2.05) is 20.2 Å². The average Bonchev–Trinajstić information content (AvgIpc) is 3.36. The van der Waals surface area contributed by atoms with Crippen molar-refractivity contribution in [2.45, 2.75) is 82.8 Å². The summed E-state index contributed by atoms with van der Waals surface area (Å²) in [5, 5.41) is 20.9. The molecule has 28 heavy (non-hydrogen) atoms. The molecule has 0 aromatic rings. The Morgan fingerprint density at radius 2 is 1.96 bits per heavy atom. The number of hydrogen-bond acceptors (Lipinski definition) is 3. The van der Waals surface area contributed by atoms with Crippen LogP contribution < -0.4 is 0 Å². The Bertz CT molecular complexity index is 576. The molecule has 0 bridgehead atoms. The first kappa shape index (κ1) is 21.6. The first-order chi connectivity index (χ1) is 13.5. The molecule has 3 rings (SSSR count). The number of fused-ring (bicyclic) bond motifs is 1. The summed E-state index contributed by atoms with van der Waals surface area (Å²) in [5.41, 5.74) is 1.54. The van der Waals surface area contributed by atoms with Crippen LogP contribution in [-0.4, -0.2) is 47.3 Å². The van der Waals surface area contributed by atoms with Crippen molar-refractivity contribution in [1.29, 1.82) is 0 Å². The molecule has 0 heterocycles. The molecular weight excluding hydrogens is 350 g/mol. The number of allylic oxidation sites excluding steroid dienone is 2. The van der Waals surface area contributed by atoms with Crippen molar-refractivity contribution in [1.82, 2.24) is 4.90 Å². The second-order valence-electron chi connectivity index (χ2n) is 9.53. The third-order valence-electron chi connectivity index (χ3n) is 7.30. The van der Waals surface area contributed by atoms with E-state index in [1.54, 1.807) is 4.90 Å². The average molecular weight is 390 g/mol. The SMILES string of the molecule is CN(C)C(=O)CCCCC=C1C[C@H]2C[C@@H](O)[C@H](C=C[C@@H](O)C3CCCC3)[C@H]2C1. The van der Waals surface area contributed by atoms with Crippen molar-refractivity contribution in [3.05, 3.63) is 23.8 Å². The Morgan fingerprint density at radius 3 is 2.68 bits per heavy atom. The number of carbonyl (C=O) groups is 1. The van der Waals surface area contributed by atoms with E-state index >= 15 is 0 Å². The number of rotatable bonds is 8. The van der Waals surface area contributed by atoms with Gasteiger partial charge >= 0.3 is 0 Å². The topological polar surface area (TPSA) is 60.8 Å². The fourth-order valence-corrected chi connectivity index (χ4v) is 5.59. The molecule has 158 valence electrons. The number of carbonyl (C=O) groups excluding carboxylic acids is 1. The van der Waals surface area contributed by atoms with Gasteiger partial charge in [-0.15, -0.1) is 0 Å². The van der Waals surface area contributed by atoms with Crippen LogP contribution in [0.4, 0.5) is 0 Å². The molecule has 0 aromatic carbocycles. The number of hydrogen-bond donors (Lipinski definition) is 2. The lowest BCUT2D eigenvalue weighted by molar-refractivity contribution is -0.128. The van der Waals surface area contributed by atoms with Crippen LogP contribution in [0, 0.1) is 23.7 Å². The third-order valence-corrected chi connectivity index (χ3v) is 7.30. The van der Waals surface area contributed by atoms with Gasteiger partial charge in [-0.1, -0.05) is 36.6 Å². The van der Waals surface area contributed by atoms with Crippen LogP contribution in [0.15, 0.2) is 23.8 Å². The lowest BCUT2D eigenvalue weighted by Crippen LogP contribution is -2.20. The molecule has 3 aliphatic carbocycles. The molecule has 2 N–H and O–H groups in total. The number of aliphatic hydroxyl groups is 2. The highest BCUT2D eigenvalue weighted by Gasteiger charge is 2.45. The van der Waals surface area contributed by atoms with Crippen LogP contribution in [-0.2, 0) is 4.79 Å². The van der Waals surface area contributed by atoms with Gasteiger partial charge in [-0.25, -0.2) is 0 Å². The van der Waals surface area contributed by atoms with E-state index in [0.29, 0.717) is 24.2 Å². The van der Waals surface area contributed by atoms with Crippen molar-refractivity contribution in [3.8, 4) is 0 Å². The predicted octanol–water partition coefficient (Wildman–Crippen LogP) is 4.08. The van der Waals surface area contributed by atoms with Crippen LogP contribution in [0.1, 0.15) is 70.6 Å². The monoisotopic (exact) mass is 389 g/mol. The normalized spacial score (nSPS) is 33.1. The summed E-state index contributed by atoms with van der Waals surface area (Å²) in [6.45, 7) is 0. The quantitative estimate of drug-likeness (QED) is 0.486. The van der Waals surface area contributed by atoms with E-state index < -0.39 is 0 Å². The Balaban J connectivity index is 1.45. The van der Waals surface area contributed by atoms with Crippen LogP contribution in [0.5, 0.6) is 0 Å². The van der Waals surface area contributed by atoms with Crippen molar-refractivity contribution in [2.24, 2.45) is 23.7 Å². The fraction of sp³-hybridized carbons (Fsp3) is 0.792. The smallest absolute Gasteiger partial charge is 0.222 e. The molecule has 1 amide bonds. The van der Waals surface area contributed by atoms with Gasteiger partial charge in [0.2, 0.25) is 5.91 Å². The zero-order valence-corrected chi connectivity index (χ0v) is 17.7. The van der Waals surface area contributed by atoms with E-state index in [-0.39, 0.29) is 24.0 Å². The number of aliphatic hydroxyl groups excluding tert-OH is 2. The molecule has 3 saturated carbocycles. The standard InChI is InChI=1S/C24H39NO3/c1-25(2)24(28)11-5-3-4-8-17-14-19-16-23(27)20(21(19)15-17)12-13-22(26)18-9-6-7-10-18/h8,12-13,18-23,26-27H,3-7,9-11,14-16H2,1-2H3/t19-,20+,21-,22+,23+/m0/s1. The summed E-state index contributed by atoms with van der Waals surface area (Å²) >= 11 is 0. The summed E-state index contributed by atoms with van der Waals surface area (Å²) in [6, 6.07) is 0. The number of nitrogens with zero attached hydrogens (tertiary/aromatic N) is 1. The van der Waals surface area contributed by atoms with Crippen LogP contribution in [0.3, 0.4) is 0 Å². The highest BCUT2D eigenvalue weighted by Crippen LogP contribution is 2.50. The summed E-state index contributed by atoms with van der Waals surface area (Å²) in [7, 11) is 3.63. The Morgan fingerprint density at radius 1 is 1.21 bits per heavy atom. The molecule has 0 aliphatic heterocycles. The highest BCUT2D eigenvalue weighted by molar-refractivity contribution is 5.75. The number of amides is 1. The molecular formula is C24H39NO3. The Labute approximate surface area is 170 Å². The van der Waals surface area contributed by atoms with Crippen molar-refractivity contribution in [2.75, 3.05) is 14.1 Å². The second kappa shape index (κ2) is 10.1. The maximum atomic E-state index is 11.6. The molecule has 0 spiro atoms. The predicted molar refractivity (Wildman–Crippen MR) is 113 cm³/mol. The second-order valence-corrected chi connectivity index (χ2v) is 9.53. The zero-order chi connectivity index (χ0) is 20.1. The van der Waals surface area contributed by atoms with Gasteiger partial charge in [-0.2, -0.15) is 0 Å². The molecule has 3 aliphatic rings. The minimum atomic E-state index is -0.338. The van der Waals surface area contributed by atoms with Crippen LogP contribution in [0.25, 0.3) is 0 Å². The van der Waals surface area contributed by atoms with Crippen molar-refractivity contribution < 1.29 is 15.0 Å². The Hall–Kier alpha value is -1.13. The van der Waals surface area contributed by atoms with Gasteiger partial charge in [0, 0.05) is 26.4 Å².